The number of aliphatic carboxylic acids is 1. The summed E-state index contributed by atoms with van der Waals surface area (Å²) in [5.41, 5.74) is 0.997. The Morgan fingerprint density at radius 2 is 2.00 bits per heavy atom. The van der Waals surface area contributed by atoms with Gasteiger partial charge in [0.1, 0.15) is 0 Å². The number of benzene rings is 1. The Hall–Kier alpha value is -1.79. The third kappa shape index (κ3) is 2.57. The largest absolute Gasteiger partial charge is 0.481 e. The predicted octanol–water partition coefficient (Wildman–Crippen LogP) is 2.13. The molecule has 2 aliphatic carbocycles. The molecular weight excluding hydrogens is 250 g/mol. The fraction of sp³-hybridized carbons (Fsp3) is 0.471. The monoisotopic (exact) mass is 269 g/mol. The maximum Gasteiger partial charge on any atom is 0.308 e. The van der Waals surface area contributed by atoms with E-state index in [4.69, 9.17) is 0 Å². The van der Waals surface area contributed by atoms with E-state index in [-0.39, 0.29) is 12.0 Å². The number of carboxylic acids is 1. The van der Waals surface area contributed by atoms with Crippen LogP contribution in [0.3, 0.4) is 0 Å². The summed E-state index contributed by atoms with van der Waals surface area (Å²) in [4.78, 5) is 11.4. The van der Waals surface area contributed by atoms with Gasteiger partial charge in [0.05, 0.1) is 12.5 Å². The van der Waals surface area contributed by atoms with Crippen molar-refractivity contribution in [1.82, 2.24) is 5.32 Å². The van der Waals surface area contributed by atoms with Crippen LogP contribution in [0.15, 0.2) is 30.3 Å². The van der Waals surface area contributed by atoms with Crippen LogP contribution in [0.4, 0.5) is 0 Å². The van der Waals surface area contributed by atoms with Gasteiger partial charge in [0.2, 0.25) is 0 Å². The fourth-order valence-electron chi connectivity index (χ4n) is 3.78. The summed E-state index contributed by atoms with van der Waals surface area (Å²) in [6.07, 6.45) is 3.31. The smallest absolute Gasteiger partial charge is 0.308 e. The van der Waals surface area contributed by atoms with Gasteiger partial charge in [0.15, 0.2) is 0 Å². The van der Waals surface area contributed by atoms with Crippen LogP contribution in [0.1, 0.15) is 24.8 Å². The van der Waals surface area contributed by atoms with Gasteiger partial charge in [0, 0.05) is 11.6 Å². The molecule has 2 fully saturated rings. The van der Waals surface area contributed by atoms with Gasteiger partial charge in [-0.15, -0.1) is 0 Å². The molecule has 3 nitrogen and oxygen atoms in total. The Balaban J connectivity index is 1.58. The topological polar surface area (TPSA) is 49.3 Å². The molecule has 4 atom stereocenters. The van der Waals surface area contributed by atoms with Crippen LogP contribution in [0, 0.1) is 29.6 Å². The Kier molecular flexibility index (Phi) is 3.75. The van der Waals surface area contributed by atoms with Crippen LogP contribution >= 0.6 is 0 Å². The van der Waals surface area contributed by atoms with Crippen molar-refractivity contribution in [3.05, 3.63) is 35.9 Å². The van der Waals surface area contributed by atoms with Crippen molar-refractivity contribution >= 4 is 5.97 Å². The minimum Gasteiger partial charge on any atom is -0.481 e. The highest BCUT2D eigenvalue weighted by molar-refractivity contribution is 5.72. The average Bonchev–Trinajstić information content (AvgIpc) is 3.05. The molecule has 2 N–H and O–H groups in total. The van der Waals surface area contributed by atoms with Crippen LogP contribution in [-0.2, 0) is 4.79 Å². The Bertz CT molecular complexity index is 543. The Morgan fingerprint density at radius 1 is 1.25 bits per heavy atom. The van der Waals surface area contributed by atoms with E-state index in [2.05, 4.69) is 17.2 Å². The van der Waals surface area contributed by atoms with Crippen molar-refractivity contribution in [3.63, 3.8) is 0 Å². The molecule has 0 heterocycles. The number of carbonyl (C=O) groups is 1. The molecular formula is C17H19NO2. The summed E-state index contributed by atoms with van der Waals surface area (Å²) in [6, 6.07) is 9.96. The van der Waals surface area contributed by atoms with Crippen molar-refractivity contribution in [2.45, 2.75) is 25.3 Å². The highest BCUT2D eigenvalue weighted by atomic mass is 16.4. The Morgan fingerprint density at radius 3 is 2.75 bits per heavy atom. The molecule has 0 aromatic heterocycles. The lowest BCUT2D eigenvalue weighted by molar-refractivity contribution is -0.144. The number of nitrogens with one attached hydrogen (secondary N) is 1. The highest BCUT2D eigenvalue weighted by Gasteiger charge is 2.50. The molecule has 3 heteroatoms. The van der Waals surface area contributed by atoms with E-state index in [1.807, 2.05) is 30.3 Å². The van der Waals surface area contributed by atoms with Crippen LogP contribution in [0.25, 0.3) is 0 Å². The number of carboxylic acid groups (broad SMARTS) is 1. The van der Waals surface area contributed by atoms with Crippen molar-refractivity contribution < 1.29 is 9.90 Å². The molecule has 4 unspecified atom stereocenters. The van der Waals surface area contributed by atoms with E-state index in [0.29, 0.717) is 18.4 Å². The first-order chi connectivity index (χ1) is 9.75. The zero-order valence-electron chi connectivity index (χ0n) is 11.4. The molecule has 2 aliphatic rings. The lowest BCUT2D eigenvalue weighted by Gasteiger charge is -2.28. The van der Waals surface area contributed by atoms with Crippen LogP contribution < -0.4 is 5.32 Å². The molecule has 1 aromatic rings. The summed E-state index contributed by atoms with van der Waals surface area (Å²) in [5.74, 6) is 6.23. The van der Waals surface area contributed by atoms with Gasteiger partial charge >= 0.3 is 5.97 Å². The van der Waals surface area contributed by atoms with Gasteiger partial charge in [-0.05, 0) is 43.2 Å². The molecule has 20 heavy (non-hydrogen) atoms. The maximum absolute atomic E-state index is 11.4. The summed E-state index contributed by atoms with van der Waals surface area (Å²) < 4.78 is 0. The molecule has 1 aromatic carbocycles. The van der Waals surface area contributed by atoms with Gasteiger partial charge in [-0.3, -0.25) is 4.79 Å². The highest BCUT2D eigenvalue weighted by Crippen LogP contribution is 2.48. The lowest BCUT2D eigenvalue weighted by Crippen LogP contribution is -2.44. The second kappa shape index (κ2) is 5.68. The van der Waals surface area contributed by atoms with Gasteiger partial charge in [-0.1, -0.05) is 30.0 Å². The first-order valence-electron chi connectivity index (χ1n) is 7.26. The number of hydrogen-bond acceptors (Lipinski definition) is 2. The molecule has 2 saturated carbocycles. The summed E-state index contributed by atoms with van der Waals surface area (Å²) in [6.45, 7) is 0.562. The van der Waals surface area contributed by atoms with Gasteiger partial charge in [-0.25, -0.2) is 0 Å². The third-order valence-electron chi connectivity index (χ3n) is 4.63. The number of rotatable bonds is 3. The molecule has 3 rings (SSSR count). The molecule has 0 spiro atoms. The zero-order chi connectivity index (χ0) is 13.9. The number of fused-ring (bicyclic) bond motifs is 2. The molecule has 2 bridgehead atoms. The average molecular weight is 269 g/mol. The molecule has 0 amide bonds. The molecule has 104 valence electrons. The van der Waals surface area contributed by atoms with Crippen LogP contribution in [-0.4, -0.2) is 23.7 Å². The van der Waals surface area contributed by atoms with Gasteiger partial charge in [0.25, 0.3) is 0 Å². The minimum atomic E-state index is -0.647. The first-order valence-corrected chi connectivity index (χ1v) is 7.26. The van der Waals surface area contributed by atoms with Crippen molar-refractivity contribution in [3.8, 4) is 11.8 Å². The normalized spacial score (nSPS) is 30.8. The van der Waals surface area contributed by atoms with Gasteiger partial charge in [-0.2, -0.15) is 0 Å². The van der Waals surface area contributed by atoms with E-state index in [0.717, 1.165) is 24.8 Å². The molecule has 0 radical (unpaired) electrons. The SMILES string of the molecule is O=C(O)C1C2CCC(C2)C1NCC#Cc1ccccc1. The molecule has 0 saturated heterocycles. The summed E-state index contributed by atoms with van der Waals surface area (Å²) in [7, 11) is 0. The maximum atomic E-state index is 11.4. The van der Waals surface area contributed by atoms with E-state index >= 15 is 0 Å². The lowest BCUT2D eigenvalue weighted by atomic mass is 9.84. The van der Waals surface area contributed by atoms with E-state index < -0.39 is 5.97 Å². The first kappa shape index (κ1) is 13.2. The van der Waals surface area contributed by atoms with E-state index in [9.17, 15) is 9.90 Å². The van der Waals surface area contributed by atoms with Crippen molar-refractivity contribution in [2.24, 2.45) is 17.8 Å². The standard InChI is InChI=1S/C17H19NO2/c19-17(20)15-13-8-9-14(11-13)16(15)18-10-4-7-12-5-2-1-3-6-12/h1-3,5-6,13-16,18H,8-11H2,(H,19,20). The number of hydrogen-bond donors (Lipinski definition) is 2. The van der Waals surface area contributed by atoms with E-state index in [1.165, 1.54) is 0 Å². The van der Waals surface area contributed by atoms with Crippen molar-refractivity contribution in [2.75, 3.05) is 6.54 Å². The third-order valence-corrected chi connectivity index (χ3v) is 4.63. The van der Waals surface area contributed by atoms with Crippen molar-refractivity contribution in [1.29, 1.82) is 0 Å². The quantitative estimate of drug-likeness (QED) is 0.826. The van der Waals surface area contributed by atoms with Gasteiger partial charge < -0.3 is 10.4 Å². The van der Waals surface area contributed by atoms with E-state index in [1.54, 1.807) is 0 Å². The van der Waals surface area contributed by atoms with Crippen LogP contribution in [0.5, 0.6) is 0 Å². The summed E-state index contributed by atoms with van der Waals surface area (Å²) in [5, 5.41) is 12.7. The zero-order valence-corrected chi connectivity index (χ0v) is 11.4. The minimum absolute atomic E-state index is 0.108. The fourth-order valence-corrected chi connectivity index (χ4v) is 3.78. The predicted molar refractivity (Wildman–Crippen MR) is 77.1 cm³/mol. The molecule has 0 aliphatic heterocycles. The summed E-state index contributed by atoms with van der Waals surface area (Å²) >= 11 is 0. The second-order valence-corrected chi connectivity index (χ2v) is 5.77. The second-order valence-electron chi connectivity index (χ2n) is 5.77. The van der Waals surface area contributed by atoms with Crippen LogP contribution in [0.2, 0.25) is 0 Å². The Labute approximate surface area is 119 Å².